The molecule has 2 aliphatic rings. The summed E-state index contributed by atoms with van der Waals surface area (Å²) < 4.78 is 5.87. The van der Waals surface area contributed by atoms with Gasteiger partial charge >= 0.3 is 0 Å². The molecule has 0 bridgehead atoms. The van der Waals surface area contributed by atoms with Crippen molar-refractivity contribution in [1.82, 2.24) is 15.5 Å². The van der Waals surface area contributed by atoms with Crippen molar-refractivity contribution < 1.29 is 4.74 Å². The summed E-state index contributed by atoms with van der Waals surface area (Å²) in [6.45, 7) is 9.47. The summed E-state index contributed by atoms with van der Waals surface area (Å²) in [7, 11) is 1.88. The molecule has 0 aliphatic carbocycles. The molecule has 0 radical (unpaired) electrons. The Morgan fingerprint density at radius 1 is 1.28 bits per heavy atom. The minimum absolute atomic E-state index is 0.275. The molecular formula is C23H38N4OS. The van der Waals surface area contributed by atoms with Crippen molar-refractivity contribution in [2.75, 3.05) is 39.1 Å². The summed E-state index contributed by atoms with van der Waals surface area (Å²) in [4.78, 5) is 7.11. The molecule has 1 aromatic rings. The highest BCUT2D eigenvalue weighted by Gasteiger charge is 2.33. The third-order valence-corrected chi connectivity index (χ3v) is 7.69. The van der Waals surface area contributed by atoms with Gasteiger partial charge in [0.25, 0.3) is 0 Å². The largest absolute Gasteiger partial charge is 0.381 e. The average Bonchev–Trinajstić information content (AvgIpc) is 2.75. The van der Waals surface area contributed by atoms with Crippen molar-refractivity contribution >= 4 is 17.7 Å². The number of aliphatic imine (C=N–C) groups is 1. The van der Waals surface area contributed by atoms with E-state index in [4.69, 9.17) is 4.74 Å². The van der Waals surface area contributed by atoms with Gasteiger partial charge in [-0.2, -0.15) is 11.8 Å². The van der Waals surface area contributed by atoms with Crippen molar-refractivity contribution in [2.24, 2.45) is 4.99 Å². The quantitative estimate of drug-likeness (QED) is 0.524. The third kappa shape index (κ3) is 6.63. The van der Waals surface area contributed by atoms with Gasteiger partial charge in [-0.25, -0.2) is 0 Å². The van der Waals surface area contributed by atoms with Crippen LogP contribution in [0.25, 0.3) is 0 Å². The van der Waals surface area contributed by atoms with Crippen LogP contribution in [-0.2, 0) is 11.3 Å². The second-order valence-electron chi connectivity index (χ2n) is 8.32. The van der Waals surface area contributed by atoms with Gasteiger partial charge in [0.2, 0.25) is 0 Å². The number of guanidine groups is 1. The minimum Gasteiger partial charge on any atom is -0.381 e. The van der Waals surface area contributed by atoms with Crippen molar-refractivity contribution in [3.05, 3.63) is 35.9 Å². The summed E-state index contributed by atoms with van der Waals surface area (Å²) in [6.07, 6.45) is 4.53. The molecule has 29 heavy (non-hydrogen) atoms. The number of piperidine rings is 1. The molecular weight excluding hydrogens is 380 g/mol. The van der Waals surface area contributed by atoms with E-state index in [2.05, 4.69) is 76.5 Å². The lowest BCUT2D eigenvalue weighted by molar-refractivity contribution is 0.0781. The van der Waals surface area contributed by atoms with Crippen LogP contribution in [-0.4, -0.2) is 66.8 Å². The summed E-state index contributed by atoms with van der Waals surface area (Å²) >= 11 is 2.07. The lowest BCUT2D eigenvalue weighted by Crippen LogP contribution is -2.53. The fourth-order valence-electron chi connectivity index (χ4n) is 4.46. The van der Waals surface area contributed by atoms with Crippen molar-refractivity contribution in [3.63, 3.8) is 0 Å². The first-order valence-corrected chi connectivity index (χ1v) is 12.1. The first-order chi connectivity index (χ1) is 14.1. The van der Waals surface area contributed by atoms with Gasteiger partial charge in [0.1, 0.15) is 0 Å². The van der Waals surface area contributed by atoms with E-state index >= 15 is 0 Å². The van der Waals surface area contributed by atoms with E-state index in [9.17, 15) is 0 Å². The first-order valence-electron chi connectivity index (χ1n) is 11.1. The molecule has 3 rings (SSSR count). The topological polar surface area (TPSA) is 48.9 Å². The fourth-order valence-corrected chi connectivity index (χ4v) is 5.70. The van der Waals surface area contributed by atoms with Gasteiger partial charge in [0, 0.05) is 56.7 Å². The van der Waals surface area contributed by atoms with Gasteiger partial charge in [-0.05, 0) is 43.9 Å². The summed E-state index contributed by atoms with van der Waals surface area (Å²) in [6, 6.07) is 11.8. The van der Waals surface area contributed by atoms with E-state index < -0.39 is 0 Å². The summed E-state index contributed by atoms with van der Waals surface area (Å²) in [5, 5.41) is 7.32. The van der Waals surface area contributed by atoms with Crippen LogP contribution in [0.3, 0.4) is 0 Å². The molecule has 2 atom stereocenters. The molecule has 2 N–H and O–H groups in total. The van der Waals surface area contributed by atoms with Crippen molar-refractivity contribution in [3.8, 4) is 0 Å². The number of nitrogens with zero attached hydrogens (tertiary/aromatic N) is 2. The Morgan fingerprint density at radius 2 is 2.03 bits per heavy atom. The fraction of sp³-hybridized carbons (Fsp3) is 0.696. The number of hydrogen-bond acceptors (Lipinski definition) is 4. The normalized spacial score (nSPS) is 25.6. The Bertz CT molecular complexity index is 628. The van der Waals surface area contributed by atoms with Crippen molar-refractivity contribution in [1.29, 1.82) is 0 Å². The molecule has 5 nitrogen and oxygen atoms in total. The molecule has 2 fully saturated rings. The van der Waals surface area contributed by atoms with Gasteiger partial charge in [-0.15, -0.1) is 0 Å². The van der Waals surface area contributed by atoms with Gasteiger partial charge in [0.05, 0.1) is 0 Å². The van der Waals surface area contributed by atoms with Crippen LogP contribution in [0.2, 0.25) is 0 Å². The minimum atomic E-state index is 0.275. The molecule has 1 aromatic carbocycles. The highest BCUT2D eigenvalue weighted by Crippen LogP contribution is 2.34. The number of nitrogens with one attached hydrogen (secondary N) is 2. The lowest BCUT2D eigenvalue weighted by Gasteiger charge is -2.39. The summed E-state index contributed by atoms with van der Waals surface area (Å²) in [5.74, 6) is 2.09. The number of ether oxygens (including phenoxy) is 1. The Balaban J connectivity index is 1.47. The van der Waals surface area contributed by atoms with Crippen LogP contribution < -0.4 is 10.6 Å². The summed E-state index contributed by atoms with van der Waals surface area (Å²) in [5.41, 5.74) is 1.40. The number of benzene rings is 1. The molecule has 2 heterocycles. The highest BCUT2D eigenvalue weighted by molar-refractivity contribution is 8.00. The van der Waals surface area contributed by atoms with Crippen LogP contribution in [0.4, 0.5) is 0 Å². The SMILES string of the molecule is CCSC1(CNC(=NC)NC2CCN(Cc3ccccc3)C(C)C2)CCOCC1. The second-order valence-corrected chi connectivity index (χ2v) is 10.1. The van der Waals surface area contributed by atoms with Crippen LogP contribution in [0.5, 0.6) is 0 Å². The van der Waals surface area contributed by atoms with Crippen LogP contribution in [0.15, 0.2) is 35.3 Å². The van der Waals surface area contributed by atoms with E-state index in [0.717, 1.165) is 70.2 Å². The Labute approximate surface area is 181 Å². The molecule has 0 aromatic heterocycles. The zero-order valence-electron chi connectivity index (χ0n) is 18.3. The Hall–Kier alpha value is -1.24. The maximum Gasteiger partial charge on any atom is 0.191 e. The van der Waals surface area contributed by atoms with Gasteiger partial charge in [0.15, 0.2) is 5.96 Å². The molecule has 6 heteroatoms. The second kappa shape index (κ2) is 11.2. The van der Waals surface area contributed by atoms with Crippen molar-refractivity contribution in [2.45, 2.75) is 62.9 Å². The zero-order chi connectivity index (χ0) is 20.5. The average molecular weight is 419 g/mol. The molecule has 2 aliphatic heterocycles. The molecule has 2 unspecified atom stereocenters. The number of rotatable bonds is 7. The molecule has 0 spiro atoms. The Morgan fingerprint density at radius 3 is 2.69 bits per heavy atom. The highest BCUT2D eigenvalue weighted by atomic mass is 32.2. The predicted molar refractivity (Wildman–Crippen MR) is 125 cm³/mol. The maximum atomic E-state index is 5.60. The smallest absolute Gasteiger partial charge is 0.191 e. The molecule has 2 saturated heterocycles. The van der Waals surface area contributed by atoms with Crippen LogP contribution in [0.1, 0.15) is 45.1 Å². The van der Waals surface area contributed by atoms with Gasteiger partial charge < -0.3 is 15.4 Å². The van der Waals surface area contributed by atoms with E-state index in [1.165, 1.54) is 5.56 Å². The predicted octanol–water partition coefficient (Wildman–Crippen LogP) is 3.51. The van der Waals surface area contributed by atoms with Gasteiger partial charge in [-0.3, -0.25) is 9.89 Å². The molecule has 0 amide bonds. The zero-order valence-corrected chi connectivity index (χ0v) is 19.1. The first kappa shape index (κ1) is 22.4. The van der Waals surface area contributed by atoms with Crippen LogP contribution in [0, 0.1) is 0 Å². The van der Waals surface area contributed by atoms with Gasteiger partial charge in [-0.1, -0.05) is 37.3 Å². The third-order valence-electron chi connectivity index (χ3n) is 6.24. The molecule has 162 valence electrons. The lowest BCUT2D eigenvalue weighted by atomic mass is 9.97. The molecule has 0 saturated carbocycles. The monoisotopic (exact) mass is 418 g/mol. The van der Waals surface area contributed by atoms with E-state index in [-0.39, 0.29) is 4.75 Å². The van der Waals surface area contributed by atoms with Crippen LogP contribution >= 0.6 is 11.8 Å². The van der Waals surface area contributed by atoms with E-state index in [1.807, 2.05) is 7.05 Å². The standard InChI is InChI=1S/C23H38N4OS/c1-4-29-23(11-14-28-15-12-23)18-25-22(24-3)26-21-10-13-27(19(2)16-21)17-20-8-6-5-7-9-20/h5-9,19,21H,4,10-18H2,1-3H3,(H2,24,25,26). The number of likely N-dealkylation sites (tertiary alicyclic amines) is 1. The number of hydrogen-bond donors (Lipinski definition) is 2. The maximum absolute atomic E-state index is 5.60. The number of thioether (sulfide) groups is 1. The van der Waals surface area contributed by atoms with E-state index in [1.54, 1.807) is 0 Å². The Kier molecular flexibility index (Phi) is 8.69. The van der Waals surface area contributed by atoms with E-state index in [0.29, 0.717) is 12.1 Å².